The molecule has 1 aromatic carbocycles. The molecule has 2 fully saturated rings. The van der Waals surface area contributed by atoms with Gasteiger partial charge in [-0.2, -0.15) is 0 Å². The number of carbonyl (C=O) groups excluding carboxylic acids is 2. The third-order valence-electron chi connectivity index (χ3n) is 4.72. The highest BCUT2D eigenvalue weighted by Gasteiger charge is 2.35. The normalized spacial score (nSPS) is 23.4. The van der Waals surface area contributed by atoms with Crippen LogP contribution in [0.15, 0.2) is 24.3 Å². The van der Waals surface area contributed by atoms with E-state index in [1.807, 2.05) is 49.9 Å². The molecule has 2 unspecified atom stereocenters. The highest BCUT2D eigenvalue weighted by Crippen LogP contribution is 2.24. The van der Waals surface area contributed by atoms with Crippen molar-refractivity contribution < 1.29 is 14.3 Å². The monoisotopic (exact) mass is 394 g/mol. The molecular weight excluding hydrogens is 368 g/mol. The molecule has 7 nitrogen and oxygen atoms in total. The van der Waals surface area contributed by atoms with E-state index in [1.165, 1.54) is 0 Å². The summed E-state index contributed by atoms with van der Waals surface area (Å²) in [4.78, 5) is 28.4. The number of hydrazine groups is 1. The number of hydrogen-bond acceptors (Lipinski definition) is 5. The van der Waals surface area contributed by atoms with Gasteiger partial charge < -0.3 is 14.5 Å². The van der Waals surface area contributed by atoms with Gasteiger partial charge in [0.05, 0.1) is 0 Å². The second-order valence-corrected chi connectivity index (χ2v) is 8.41. The first-order valence-corrected chi connectivity index (χ1v) is 9.64. The SMILES string of the molecule is CC(C)(C)OC(=O)N1CCN(C(=O)C2CC(c3ccc(Cl)cc3)NN2)CC1. The van der Waals surface area contributed by atoms with Crippen LogP contribution in [0.5, 0.6) is 0 Å². The second-order valence-electron chi connectivity index (χ2n) is 7.97. The molecule has 0 saturated carbocycles. The number of piperazine rings is 1. The summed E-state index contributed by atoms with van der Waals surface area (Å²) < 4.78 is 5.40. The molecule has 0 bridgehead atoms. The Morgan fingerprint density at radius 2 is 1.63 bits per heavy atom. The fraction of sp³-hybridized carbons (Fsp3) is 0.579. The van der Waals surface area contributed by atoms with Crippen molar-refractivity contribution in [3.63, 3.8) is 0 Å². The summed E-state index contributed by atoms with van der Waals surface area (Å²) in [5, 5.41) is 0.695. The minimum atomic E-state index is -0.514. The number of amides is 2. The lowest BCUT2D eigenvalue weighted by atomic mass is 10.0. The van der Waals surface area contributed by atoms with Crippen LogP contribution in [0, 0.1) is 0 Å². The Labute approximate surface area is 164 Å². The summed E-state index contributed by atoms with van der Waals surface area (Å²) in [7, 11) is 0. The van der Waals surface area contributed by atoms with Gasteiger partial charge in [0.1, 0.15) is 11.6 Å². The zero-order chi connectivity index (χ0) is 19.6. The van der Waals surface area contributed by atoms with E-state index in [9.17, 15) is 9.59 Å². The molecule has 2 saturated heterocycles. The van der Waals surface area contributed by atoms with Gasteiger partial charge in [-0.15, -0.1) is 0 Å². The molecule has 0 spiro atoms. The van der Waals surface area contributed by atoms with Crippen molar-refractivity contribution in [1.82, 2.24) is 20.7 Å². The number of carbonyl (C=O) groups is 2. The first-order valence-electron chi connectivity index (χ1n) is 9.26. The summed E-state index contributed by atoms with van der Waals surface area (Å²) in [6.45, 7) is 7.55. The maximum atomic E-state index is 12.8. The third-order valence-corrected chi connectivity index (χ3v) is 4.97. The lowest BCUT2D eigenvalue weighted by Gasteiger charge is -2.36. The number of nitrogens with one attached hydrogen (secondary N) is 2. The van der Waals surface area contributed by atoms with Gasteiger partial charge >= 0.3 is 6.09 Å². The minimum Gasteiger partial charge on any atom is -0.444 e. The Morgan fingerprint density at radius 1 is 1.04 bits per heavy atom. The van der Waals surface area contributed by atoms with Gasteiger partial charge in [-0.1, -0.05) is 23.7 Å². The average molecular weight is 395 g/mol. The number of nitrogens with zero attached hydrogens (tertiary/aromatic N) is 2. The van der Waals surface area contributed by atoms with Gasteiger partial charge in [0.25, 0.3) is 0 Å². The predicted octanol–water partition coefficient (Wildman–Crippen LogP) is 2.33. The van der Waals surface area contributed by atoms with Crippen LogP contribution in [-0.2, 0) is 9.53 Å². The number of benzene rings is 1. The quantitative estimate of drug-likeness (QED) is 0.805. The Kier molecular flexibility index (Phi) is 5.93. The van der Waals surface area contributed by atoms with E-state index >= 15 is 0 Å². The van der Waals surface area contributed by atoms with Crippen molar-refractivity contribution >= 4 is 23.6 Å². The number of halogens is 1. The van der Waals surface area contributed by atoms with Crippen LogP contribution in [0.2, 0.25) is 5.02 Å². The zero-order valence-electron chi connectivity index (χ0n) is 16.0. The highest BCUT2D eigenvalue weighted by atomic mass is 35.5. The fourth-order valence-corrected chi connectivity index (χ4v) is 3.41. The van der Waals surface area contributed by atoms with Crippen molar-refractivity contribution in [1.29, 1.82) is 0 Å². The Bertz CT molecular complexity index is 681. The predicted molar refractivity (Wildman–Crippen MR) is 103 cm³/mol. The molecule has 2 aliphatic heterocycles. The molecule has 1 aromatic rings. The lowest BCUT2D eigenvalue weighted by molar-refractivity contribution is -0.135. The maximum absolute atomic E-state index is 12.8. The van der Waals surface area contributed by atoms with Gasteiger partial charge in [-0.25, -0.2) is 15.6 Å². The smallest absolute Gasteiger partial charge is 0.410 e. The third kappa shape index (κ3) is 5.12. The highest BCUT2D eigenvalue weighted by molar-refractivity contribution is 6.30. The first kappa shape index (κ1) is 19.9. The van der Waals surface area contributed by atoms with Gasteiger partial charge in [0.2, 0.25) is 5.91 Å². The minimum absolute atomic E-state index is 0.0582. The summed E-state index contributed by atoms with van der Waals surface area (Å²) in [5.41, 5.74) is 6.87. The maximum Gasteiger partial charge on any atom is 0.410 e. The van der Waals surface area contributed by atoms with Crippen LogP contribution < -0.4 is 10.9 Å². The average Bonchev–Trinajstić information content (AvgIpc) is 3.10. The van der Waals surface area contributed by atoms with Crippen LogP contribution in [0.4, 0.5) is 4.79 Å². The molecule has 3 rings (SSSR count). The molecule has 148 valence electrons. The van der Waals surface area contributed by atoms with E-state index in [2.05, 4.69) is 10.9 Å². The second kappa shape index (κ2) is 8.04. The molecule has 0 radical (unpaired) electrons. The molecular formula is C19H27ClN4O3. The van der Waals surface area contributed by atoms with Crippen molar-refractivity contribution in [2.75, 3.05) is 26.2 Å². The van der Waals surface area contributed by atoms with Crippen LogP contribution in [0.3, 0.4) is 0 Å². The van der Waals surface area contributed by atoms with Crippen molar-refractivity contribution in [3.8, 4) is 0 Å². The van der Waals surface area contributed by atoms with Crippen molar-refractivity contribution in [2.24, 2.45) is 0 Å². The molecule has 2 aliphatic rings. The molecule has 0 aliphatic carbocycles. The van der Waals surface area contributed by atoms with E-state index in [-0.39, 0.29) is 24.1 Å². The molecule has 2 heterocycles. The zero-order valence-corrected chi connectivity index (χ0v) is 16.8. The van der Waals surface area contributed by atoms with Crippen molar-refractivity contribution in [3.05, 3.63) is 34.9 Å². The summed E-state index contributed by atoms with van der Waals surface area (Å²) >= 11 is 5.93. The topological polar surface area (TPSA) is 73.9 Å². The van der Waals surface area contributed by atoms with E-state index in [0.29, 0.717) is 37.6 Å². The first-order chi connectivity index (χ1) is 12.7. The number of rotatable bonds is 2. The van der Waals surface area contributed by atoms with E-state index in [4.69, 9.17) is 16.3 Å². The van der Waals surface area contributed by atoms with E-state index in [1.54, 1.807) is 4.90 Å². The Balaban J connectivity index is 1.50. The molecule has 8 heteroatoms. The van der Waals surface area contributed by atoms with E-state index in [0.717, 1.165) is 5.56 Å². The standard InChI is InChI=1S/C19H27ClN4O3/c1-19(2,3)27-18(26)24-10-8-23(9-11-24)17(25)16-12-15(21-22-16)13-4-6-14(20)7-5-13/h4-7,15-16,21-22H,8-12H2,1-3H3. The summed E-state index contributed by atoms with van der Waals surface area (Å²) in [6, 6.07) is 7.42. The largest absolute Gasteiger partial charge is 0.444 e. The summed E-state index contributed by atoms with van der Waals surface area (Å²) in [5.74, 6) is 0.0582. The molecule has 27 heavy (non-hydrogen) atoms. The lowest BCUT2D eigenvalue weighted by Crippen LogP contribution is -2.55. The van der Waals surface area contributed by atoms with Crippen LogP contribution in [-0.4, -0.2) is 59.6 Å². The van der Waals surface area contributed by atoms with Crippen molar-refractivity contribution in [2.45, 2.75) is 44.9 Å². The van der Waals surface area contributed by atoms with Gasteiger partial charge in [0.15, 0.2) is 0 Å². The molecule has 0 aromatic heterocycles. The van der Waals surface area contributed by atoms with Gasteiger partial charge in [-0.3, -0.25) is 4.79 Å². The van der Waals surface area contributed by atoms with Gasteiger partial charge in [-0.05, 0) is 44.9 Å². The van der Waals surface area contributed by atoms with Crippen LogP contribution in [0.1, 0.15) is 38.8 Å². The Morgan fingerprint density at radius 3 is 2.22 bits per heavy atom. The molecule has 2 amide bonds. The van der Waals surface area contributed by atoms with Gasteiger partial charge in [0, 0.05) is 37.2 Å². The Hall–Kier alpha value is -1.83. The van der Waals surface area contributed by atoms with Crippen LogP contribution in [0.25, 0.3) is 0 Å². The fourth-order valence-electron chi connectivity index (χ4n) is 3.29. The van der Waals surface area contributed by atoms with E-state index < -0.39 is 5.60 Å². The summed E-state index contributed by atoms with van der Waals surface area (Å²) in [6.07, 6.45) is 0.352. The van der Waals surface area contributed by atoms with Crippen LogP contribution >= 0.6 is 11.6 Å². The number of hydrogen-bond donors (Lipinski definition) is 2. The number of ether oxygens (including phenoxy) is 1. The molecule has 2 atom stereocenters. The molecule has 2 N–H and O–H groups in total.